The molecule has 0 bridgehead atoms. The molecule has 0 aromatic carbocycles. The van der Waals surface area contributed by atoms with E-state index in [0.29, 0.717) is 18.1 Å². The van der Waals surface area contributed by atoms with Crippen LogP contribution in [0.1, 0.15) is 54.6 Å². The fraction of sp³-hybridized carbons (Fsp3) is 0.500. The molecule has 0 amide bonds. The predicted molar refractivity (Wildman–Crippen MR) is 70.2 cm³/mol. The molecule has 5 heteroatoms. The number of esters is 1. The van der Waals surface area contributed by atoms with E-state index < -0.39 is 0 Å². The van der Waals surface area contributed by atoms with E-state index in [4.69, 9.17) is 4.74 Å². The first kappa shape index (κ1) is 12.1. The van der Waals surface area contributed by atoms with Crippen LogP contribution in [-0.2, 0) is 4.74 Å². The largest absolute Gasteiger partial charge is 0.462 e. The topological polar surface area (TPSA) is 56.5 Å². The third-order valence-corrected chi connectivity index (χ3v) is 3.69. The monoisotopic (exact) mass is 259 g/mol. The van der Waals surface area contributed by atoms with Gasteiger partial charge in [0.2, 0.25) is 0 Å². The van der Waals surface area contributed by atoms with Crippen LogP contribution in [0.4, 0.5) is 0 Å². The quantitative estimate of drug-likeness (QED) is 0.795. The molecule has 0 unspecified atom stereocenters. The van der Waals surface area contributed by atoms with Gasteiger partial charge in [0.05, 0.1) is 24.1 Å². The molecular formula is C14H17N3O2. The fourth-order valence-corrected chi connectivity index (χ4v) is 2.85. The second kappa shape index (κ2) is 4.99. The number of fused-ring (bicyclic) bond motifs is 1. The van der Waals surface area contributed by atoms with E-state index in [1.54, 1.807) is 16.9 Å². The summed E-state index contributed by atoms with van der Waals surface area (Å²) >= 11 is 0. The molecule has 0 radical (unpaired) electrons. The van der Waals surface area contributed by atoms with Gasteiger partial charge in [-0.1, -0.05) is 12.8 Å². The standard InChI is InChI=1S/C14H17N3O2/c1-2-19-14(18)11-9-15-12-7-8-16-17(12)13(11)10-5-3-4-6-10/h7-10H,2-6H2,1H3. The number of hydrogen-bond donors (Lipinski definition) is 0. The first-order valence-corrected chi connectivity index (χ1v) is 6.81. The number of ether oxygens (including phenoxy) is 1. The van der Waals surface area contributed by atoms with Gasteiger partial charge in [-0.25, -0.2) is 14.3 Å². The van der Waals surface area contributed by atoms with Gasteiger partial charge in [0.1, 0.15) is 0 Å². The summed E-state index contributed by atoms with van der Waals surface area (Å²) in [6, 6.07) is 1.85. The smallest absolute Gasteiger partial charge is 0.341 e. The highest BCUT2D eigenvalue weighted by molar-refractivity contribution is 5.90. The van der Waals surface area contributed by atoms with Gasteiger partial charge >= 0.3 is 5.97 Å². The Hall–Kier alpha value is -1.91. The van der Waals surface area contributed by atoms with Gasteiger partial charge in [-0.15, -0.1) is 0 Å². The summed E-state index contributed by atoms with van der Waals surface area (Å²) in [5.41, 5.74) is 2.31. The summed E-state index contributed by atoms with van der Waals surface area (Å²) in [5.74, 6) is 0.0825. The Bertz CT molecular complexity index is 600. The molecule has 2 aromatic heterocycles. The Labute approximate surface area is 111 Å². The molecule has 100 valence electrons. The molecule has 1 aliphatic rings. The number of nitrogens with zero attached hydrogens (tertiary/aromatic N) is 3. The van der Waals surface area contributed by atoms with Crippen molar-refractivity contribution in [2.45, 2.75) is 38.5 Å². The molecular weight excluding hydrogens is 242 g/mol. The van der Waals surface area contributed by atoms with Gasteiger partial charge in [-0.05, 0) is 19.8 Å². The maximum atomic E-state index is 12.1. The van der Waals surface area contributed by atoms with Crippen molar-refractivity contribution in [3.05, 3.63) is 29.7 Å². The molecule has 0 atom stereocenters. The molecule has 0 N–H and O–H groups in total. The van der Waals surface area contributed by atoms with Crippen LogP contribution in [-0.4, -0.2) is 27.2 Å². The van der Waals surface area contributed by atoms with Crippen LogP contribution in [0.25, 0.3) is 5.65 Å². The molecule has 1 fully saturated rings. The second-order valence-electron chi connectivity index (χ2n) is 4.86. The van der Waals surface area contributed by atoms with E-state index in [0.717, 1.165) is 24.2 Å². The Kier molecular flexibility index (Phi) is 3.19. The summed E-state index contributed by atoms with van der Waals surface area (Å²) in [7, 11) is 0. The average molecular weight is 259 g/mol. The normalized spacial score (nSPS) is 16.1. The van der Waals surface area contributed by atoms with Crippen LogP contribution in [0, 0.1) is 0 Å². The maximum absolute atomic E-state index is 12.1. The molecule has 1 aliphatic carbocycles. The van der Waals surface area contributed by atoms with Crippen LogP contribution in [0.5, 0.6) is 0 Å². The minimum absolute atomic E-state index is 0.297. The lowest BCUT2D eigenvalue weighted by molar-refractivity contribution is 0.0523. The molecule has 19 heavy (non-hydrogen) atoms. The average Bonchev–Trinajstić information content (AvgIpc) is 3.08. The molecule has 2 heterocycles. The van der Waals surface area contributed by atoms with Crippen molar-refractivity contribution in [2.75, 3.05) is 6.61 Å². The van der Waals surface area contributed by atoms with Crippen LogP contribution in [0.3, 0.4) is 0 Å². The highest BCUT2D eigenvalue weighted by Crippen LogP contribution is 2.35. The van der Waals surface area contributed by atoms with E-state index >= 15 is 0 Å². The molecule has 0 saturated heterocycles. The zero-order chi connectivity index (χ0) is 13.2. The first-order chi connectivity index (χ1) is 9.31. The zero-order valence-electron chi connectivity index (χ0n) is 11.0. The molecule has 1 saturated carbocycles. The highest BCUT2D eigenvalue weighted by atomic mass is 16.5. The molecule has 3 rings (SSSR count). The Morgan fingerprint density at radius 2 is 2.26 bits per heavy atom. The summed E-state index contributed by atoms with van der Waals surface area (Å²) in [6.45, 7) is 2.19. The van der Waals surface area contributed by atoms with E-state index in [1.807, 2.05) is 13.0 Å². The lowest BCUT2D eigenvalue weighted by Gasteiger charge is -2.15. The Morgan fingerprint density at radius 3 is 3.00 bits per heavy atom. The lowest BCUT2D eigenvalue weighted by Crippen LogP contribution is -2.15. The van der Waals surface area contributed by atoms with Crippen molar-refractivity contribution in [3.8, 4) is 0 Å². The number of rotatable bonds is 3. The van der Waals surface area contributed by atoms with Gasteiger partial charge in [-0.3, -0.25) is 0 Å². The van der Waals surface area contributed by atoms with Crippen molar-refractivity contribution >= 4 is 11.6 Å². The number of hydrogen-bond acceptors (Lipinski definition) is 4. The number of carbonyl (C=O) groups excluding carboxylic acids is 1. The van der Waals surface area contributed by atoms with Gasteiger partial charge in [-0.2, -0.15) is 5.10 Å². The molecule has 5 nitrogen and oxygen atoms in total. The van der Waals surface area contributed by atoms with E-state index in [1.165, 1.54) is 12.8 Å². The Balaban J connectivity index is 2.14. The minimum Gasteiger partial charge on any atom is -0.462 e. The van der Waals surface area contributed by atoms with Crippen molar-refractivity contribution in [1.29, 1.82) is 0 Å². The third kappa shape index (κ3) is 2.09. The number of carbonyl (C=O) groups is 1. The van der Waals surface area contributed by atoms with Crippen LogP contribution in [0.15, 0.2) is 18.5 Å². The van der Waals surface area contributed by atoms with Crippen LogP contribution < -0.4 is 0 Å². The SMILES string of the molecule is CCOC(=O)c1cnc2ccnn2c1C1CCCC1. The van der Waals surface area contributed by atoms with Gasteiger partial charge in [0, 0.05) is 18.2 Å². The molecule has 0 spiro atoms. The van der Waals surface area contributed by atoms with Crippen LogP contribution in [0.2, 0.25) is 0 Å². The fourth-order valence-electron chi connectivity index (χ4n) is 2.85. The highest BCUT2D eigenvalue weighted by Gasteiger charge is 2.26. The first-order valence-electron chi connectivity index (χ1n) is 6.81. The number of aromatic nitrogens is 3. The predicted octanol–water partition coefficient (Wildman–Crippen LogP) is 2.56. The minimum atomic E-state index is -0.297. The van der Waals surface area contributed by atoms with Gasteiger partial charge in [0.15, 0.2) is 5.65 Å². The third-order valence-electron chi connectivity index (χ3n) is 3.69. The van der Waals surface area contributed by atoms with E-state index in [9.17, 15) is 4.79 Å². The zero-order valence-corrected chi connectivity index (χ0v) is 11.0. The van der Waals surface area contributed by atoms with Crippen molar-refractivity contribution in [3.63, 3.8) is 0 Å². The van der Waals surface area contributed by atoms with Gasteiger partial charge in [0.25, 0.3) is 0 Å². The van der Waals surface area contributed by atoms with E-state index in [-0.39, 0.29) is 5.97 Å². The maximum Gasteiger partial charge on any atom is 0.341 e. The van der Waals surface area contributed by atoms with Crippen molar-refractivity contribution in [1.82, 2.24) is 14.6 Å². The second-order valence-corrected chi connectivity index (χ2v) is 4.86. The molecule has 2 aromatic rings. The summed E-state index contributed by atoms with van der Waals surface area (Å²) < 4.78 is 6.93. The molecule has 0 aliphatic heterocycles. The summed E-state index contributed by atoms with van der Waals surface area (Å²) in [4.78, 5) is 16.4. The Morgan fingerprint density at radius 1 is 1.47 bits per heavy atom. The summed E-state index contributed by atoms with van der Waals surface area (Å²) in [5, 5.41) is 4.31. The van der Waals surface area contributed by atoms with Crippen molar-refractivity contribution < 1.29 is 9.53 Å². The van der Waals surface area contributed by atoms with Crippen LogP contribution >= 0.6 is 0 Å². The van der Waals surface area contributed by atoms with Crippen molar-refractivity contribution in [2.24, 2.45) is 0 Å². The van der Waals surface area contributed by atoms with E-state index in [2.05, 4.69) is 10.1 Å². The summed E-state index contributed by atoms with van der Waals surface area (Å²) in [6.07, 6.45) is 7.96. The lowest BCUT2D eigenvalue weighted by atomic mass is 9.99. The van der Waals surface area contributed by atoms with Gasteiger partial charge < -0.3 is 4.74 Å².